The van der Waals surface area contributed by atoms with E-state index in [1.54, 1.807) is 13.8 Å². The maximum atomic E-state index is 11.2. The fourth-order valence-electron chi connectivity index (χ4n) is 6.52. The molecule has 0 heterocycles. The first-order valence-electron chi connectivity index (χ1n) is 20.6. The number of aliphatic imine (C=N–C) groups is 2. The van der Waals surface area contributed by atoms with E-state index in [0.29, 0.717) is 24.0 Å². The number of rotatable bonds is 17. The monoisotopic (exact) mass is 852 g/mol. The molecule has 0 aliphatic rings. The summed E-state index contributed by atoms with van der Waals surface area (Å²) in [5, 5.41) is 57.7. The number of carboxylic acids is 2. The number of aromatic carboxylic acids is 2. The van der Waals surface area contributed by atoms with Crippen LogP contribution in [0.15, 0.2) is 70.6 Å². The zero-order chi connectivity index (χ0) is 43.4. The van der Waals surface area contributed by atoms with Crippen molar-refractivity contribution in [3.63, 3.8) is 0 Å². The van der Waals surface area contributed by atoms with Gasteiger partial charge in [-0.3, -0.25) is 9.98 Å². The van der Waals surface area contributed by atoms with E-state index >= 15 is 0 Å². The molecule has 0 aliphatic carbocycles. The Kier molecular flexibility index (Phi) is 23.5. The molecule has 0 atom stereocenters. The van der Waals surface area contributed by atoms with Gasteiger partial charge in [-0.1, -0.05) is 104 Å². The number of hydrogen-bond acceptors (Lipinski definition) is 8. The summed E-state index contributed by atoms with van der Waals surface area (Å²) >= 11 is 0. The largest absolute Gasteiger partial charge is 2.00 e. The number of carbonyl (C=O) groups is 2. The van der Waals surface area contributed by atoms with E-state index in [9.17, 15) is 19.8 Å². The van der Waals surface area contributed by atoms with Crippen molar-refractivity contribution in [3.8, 4) is 23.0 Å². The van der Waals surface area contributed by atoms with Gasteiger partial charge in [-0.25, -0.2) is 9.59 Å². The van der Waals surface area contributed by atoms with Crippen molar-refractivity contribution >= 4 is 34.7 Å². The summed E-state index contributed by atoms with van der Waals surface area (Å²) in [5.74, 6) is -5.25. The van der Waals surface area contributed by atoms with Gasteiger partial charge in [-0.2, -0.15) is 0 Å². The molecule has 4 N–H and O–H groups in total. The van der Waals surface area contributed by atoms with Crippen LogP contribution in [0.1, 0.15) is 148 Å². The predicted octanol–water partition coefficient (Wildman–Crippen LogP) is 10.6. The molecule has 0 saturated heterocycles. The van der Waals surface area contributed by atoms with Gasteiger partial charge in [-0.15, -0.1) is 0 Å². The quantitative estimate of drug-likeness (QED) is 0.0597. The van der Waals surface area contributed by atoms with Gasteiger partial charge in [0.25, 0.3) is 0 Å². The topological polar surface area (TPSA) is 186 Å². The Bertz CT molecular complexity index is 1900. The van der Waals surface area contributed by atoms with Crippen LogP contribution in [0.2, 0.25) is 0 Å². The first-order valence-corrected chi connectivity index (χ1v) is 20.6. The molecule has 0 unspecified atom stereocenters. The third-order valence-electron chi connectivity index (χ3n) is 9.93. The van der Waals surface area contributed by atoms with E-state index in [1.807, 2.05) is 0 Å². The van der Waals surface area contributed by atoms with Gasteiger partial charge in [0.15, 0.2) is 0 Å². The third-order valence-corrected chi connectivity index (χ3v) is 9.93. The minimum Gasteiger partial charge on any atom is -0.869 e. The van der Waals surface area contributed by atoms with Crippen LogP contribution < -0.4 is 10.2 Å². The number of aromatic hydroxyl groups is 2. The molecular weight excluding hydrogens is 791 g/mol. The summed E-state index contributed by atoms with van der Waals surface area (Å²) < 4.78 is 0. The Morgan fingerprint density at radius 2 is 0.797 bits per heavy atom. The number of benzene rings is 4. The normalized spacial score (nSPS) is 11.1. The van der Waals surface area contributed by atoms with Crippen molar-refractivity contribution in [2.45, 2.75) is 132 Å². The van der Waals surface area contributed by atoms with Crippen molar-refractivity contribution in [2.75, 3.05) is 0 Å². The van der Waals surface area contributed by atoms with Crippen LogP contribution in [0.5, 0.6) is 23.0 Å². The fraction of sp³-hybridized carbons (Fsp3) is 0.417. The first kappa shape index (κ1) is 51.9. The standard InChI is InChI=1S/C30H44N2.2C9H10O4.Ni/c1-7-13-15-29(31-27-19-17-23(9-3)25(11-5)21-27)30(16-14-8-2)32-28-20-18-24(10-4)26(12-6)22-28;2*1-2-5-3-4-6(10)8(11)7(5)9(12)13;/h17-22H,7-16H2,1-6H3;2*3-4,10-11H,2H2,1H3,(H,12,13);/q;;;+2/p-2. The van der Waals surface area contributed by atoms with E-state index < -0.39 is 34.9 Å². The molecule has 59 heavy (non-hydrogen) atoms. The average Bonchev–Trinajstić information content (AvgIpc) is 3.22. The summed E-state index contributed by atoms with van der Waals surface area (Å²) in [6, 6.07) is 18.8. The molecule has 4 aromatic carbocycles. The number of hydrogen-bond donors (Lipinski definition) is 4. The third kappa shape index (κ3) is 15.2. The Labute approximate surface area is 360 Å². The van der Waals surface area contributed by atoms with Crippen LogP contribution in [0, 0.1) is 0 Å². The van der Waals surface area contributed by atoms with Crippen molar-refractivity contribution in [1.29, 1.82) is 0 Å². The molecule has 0 aliphatic heterocycles. The molecule has 0 amide bonds. The SMILES string of the molecule is CCCCC(=Nc1ccc(CC)c(CC)c1)C(CCCC)=Nc1ccc(CC)c(CC)c1.CCc1ccc(O)c([O-])c1C(=O)O.CCc1ccc(O)c([O-])c1C(=O)O.[Ni+2]. The minimum atomic E-state index is -1.29. The predicted molar refractivity (Wildman–Crippen MR) is 231 cm³/mol. The second kappa shape index (κ2) is 26.8. The van der Waals surface area contributed by atoms with Crippen molar-refractivity contribution in [3.05, 3.63) is 105 Å². The van der Waals surface area contributed by atoms with Gasteiger partial charge < -0.3 is 30.6 Å². The maximum Gasteiger partial charge on any atom is 2.00 e. The Morgan fingerprint density at radius 3 is 1.07 bits per heavy atom. The summed E-state index contributed by atoms with van der Waals surface area (Å²) in [6.07, 6.45) is 11.8. The Morgan fingerprint density at radius 1 is 0.492 bits per heavy atom. The number of aryl methyl sites for hydroxylation is 6. The zero-order valence-corrected chi connectivity index (χ0v) is 36.9. The second-order valence-corrected chi connectivity index (χ2v) is 13.9. The number of unbranched alkanes of at least 4 members (excludes halogenated alkanes) is 2. The molecule has 0 bridgehead atoms. The molecule has 0 radical (unpaired) electrons. The smallest absolute Gasteiger partial charge is 0.869 e. The van der Waals surface area contributed by atoms with Gasteiger partial charge in [-0.05, 0) is 134 Å². The summed E-state index contributed by atoms with van der Waals surface area (Å²) in [6.45, 7) is 16.9. The molecule has 0 fully saturated rings. The van der Waals surface area contributed by atoms with Crippen LogP contribution in [-0.4, -0.2) is 43.8 Å². The van der Waals surface area contributed by atoms with Crippen molar-refractivity contribution in [1.82, 2.24) is 0 Å². The van der Waals surface area contributed by atoms with Crippen LogP contribution in [0.3, 0.4) is 0 Å². The van der Waals surface area contributed by atoms with Gasteiger partial charge >= 0.3 is 28.4 Å². The molecule has 4 rings (SSSR count). The number of nitrogens with zero attached hydrogens (tertiary/aromatic N) is 2. The fourth-order valence-corrected chi connectivity index (χ4v) is 6.52. The van der Waals surface area contributed by atoms with Gasteiger partial charge in [0.1, 0.15) is 11.5 Å². The van der Waals surface area contributed by atoms with Crippen molar-refractivity contribution < 1.29 is 56.7 Å². The molecule has 322 valence electrons. The molecule has 11 heteroatoms. The van der Waals surface area contributed by atoms with Crippen LogP contribution in [-0.2, 0) is 55.0 Å². The average molecular weight is 854 g/mol. The van der Waals surface area contributed by atoms with Crippen LogP contribution in [0.25, 0.3) is 0 Å². The second-order valence-electron chi connectivity index (χ2n) is 13.9. The number of carboxylic acid groups (broad SMARTS) is 2. The van der Waals surface area contributed by atoms with E-state index in [2.05, 4.69) is 77.9 Å². The van der Waals surface area contributed by atoms with E-state index in [1.165, 1.54) is 70.8 Å². The number of phenols is 2. The molecule has 0 aromatic heterocycles. The minimum absolute atomic E-state index is 0. The molecule has 0 spiro atoms. The summed E-state index contributed by atoms with van der Waals surface area (Å²) in [4.78, 5) is 31.7. The summed E-state index contributed by atoms with van der Waals surface area (Å²) in [7, 11) is 0. The Hall–Kier alpha value is -5.15. The van der Waals surface area contributed by atoms with E-state index in [4.69, 9.17) is 30.4 Å². The number of phenolic OH excluding ortho intramolecular Hbond substituents is 2. The maximum absolute atomic E-state index is 11.2. The van der Waals surface area contributed by atoms with E-state index in [-0.39, 0.29) is 27.6 Å². The first-order chi connectivity index (χ1) is 27.7. The van der Waals surface area contributed by atoms with Crippen molar-refractivity contribution in [2.24, 2.45) is 9.98 Å². The zero-order valence-electron chi connectivity index (χ0n) is 35.9. The molecule has 10 nitrogen and oxygen atoms in total. The van der Waals surface area contributed by atoms with Crippen LogP contribution >= 0.6 is 0 Å². The van der Waals surface area contributed by atoms with E-state index in [0.717, 1.165) is 62.7 Å². The van der Waals surface area contributed by atoms with Gasteiger partial charge in [0.2, 0.25) is 0 Å². The van der Waals surface area contributed by atoms with Gasteiger partial charge in [0.05, 0.1) is 33.9 Å². The molecule has 4 aromatic rings. The molecule has 0 saturated carbocycles. The summed E-state index contributed by atoms with van der Waals surface area (Å²) in [5.41, 5.74) is 10.4. The van der Waals surface area contributed by atoms with Gasteiger partial charge in [0, 0.05) is 0 Å². The Balaban J connectivity index is 0.000000527. The van der Waals surface area contributed by atoms with Crippen LogP contribution in [0.4, 0.5) is 11.4 Å². The molecular formula is C48H62N2NiO8.